The second-order valence-electron chi connectivity index (χ2n) is 7.93. The first-order valence-corrected chi connectivity index (χ1v) is 12.1. The Labute approximate surface area is 197 Å². The number of aliphatic imine (C=N–C) groups is 1. The van der Waals surface area contributed by atoms with Crippen molar-refractivity contribution in [2.45, 2.75) is 25.3 Å². The molecule has 1 amide bonds. The van der Waals surface area contributed by atoms with Gasteiger partial charge in [-0.05, 0) is 60.5 Å². The summed E-state index contributed by atoms with van der Waals surface area (Å²) in [5.74, 6) is 0.00469. The van der Waals surface area contributed by atoms with E-state index in [0.717, 1.165) is 43.2 Å². The molecule has 0 bridgehead atoms. The van der Waals surface area contributed by atoms with Crippen molar-refractivity contribution in [3.8, 4) is 0 Å². The lowest BCUT2D eigenvalue weighted by molar-refractivity contribution is -0.122. The van der Waals surface area contributed by atoms with Crippen LogP contribution in [0.15, 0.2) is 92.6 Å². The third-order valence-electron chi connectivity index (χ3n) is 5.56. The van der Waals surface area contributed by atoms with Crippen molar-refractivity contribution in [2.24, 2.45) is 4.99 Å². The molecule has 6 heteroatoms. The molecule has 3 aromatic carbocycles. The summed E-state index contributed by atoms with van der Waals surface area (Å²) < 4.78 is 0. The van der Waals surface area contributed by atoms with E-state index in [0.29, 0.717) is 6.54 Å². The molecule has 2 heterocycles. The van der Waals surface area contributed by atoms with E-state index in [1.54, 1.807) is 11.8 Å². The zero-order chi connectivity index (χ0) is 22.2. The molecule has 0 aliphatic carbocycles. The summed E-state index contributed by atoms with van der Waals surface area (Å²) in [6.45, 7) is 4.61. The molecule has 0 saturated carbocycles. The van der Waals surface area contributed by atoms with Gasteiger partial charge in [0.15, 0.2) is 5.17 Å². The molecule has 2 aliphatic rings. The molecule has 1 fully saturated rings. The number of amides is 1. The van der Waals surface area contributed by atoms with Crippen LogP contribution in [0, 0.1) is 13.8 Å². The van der Waals surface area contributed by atoms with Crippen molar-refractivity contribution in [3.05, 3.63) is 99.4 Å². The Morgan fingerprint density at radius 2 is 1.66 bits per heavy atom. The van der Waals surface area contributed by atoms with Crippen LogP contribution < -0.4 is 4.90 Å². The number of anilines is 1. The van der Waals surface area contributed by atoms with Crippen molar-refractivity contribution < 1.29 is 4.79 Å². The maximum Gasteiger partial charge on any atom is 0.269 e. The predicted octanol–water partition coefficient (Wildman–Crippen LogP) is 6.48. The molecule has 3 aromatic rings. The first-order chi connectivity index (χ1) is 15.5. The molecule has 0 spiro atoms. The van der Waals surface area contributed by atoms with Crippen LogP contribution in [-0.2, 0) is 11.3 Å². The Morgan fingerprint density at radius 3 is 2.44 bits per heavy atom. The van der Waals surface area contributed by atoms with Gasteiger partial charge in [0, 0.05) is 11.9 Å². The SMILES string of the molecule is Cc1ccc(C)c(N=C2SC(=C3Sc4ccccc4N3C)C(=O)N2Cc2ccccc2)c1. The number of rotatable bonds is 3. The number of fused-ring (bicyclic) bond motifs is 1. The first kappa shape index (κ1) is 20.9. The van der Waals surface area contributed by atoms with E-state index in [9.17, 15) is 4.79 Å². The van der Waals surface area contributed by atoms with Gasteiger partial charge in [0.1, 0.15) is 4.91 Å². The van der Waals surface area contributed by atoms with Gasteiger partial charge >= 0.3 is 0 Å². The Balaban J connectivity index is 1.58. The third-order valence-corrected chi connectivity index (χ3v) is 7.99. The quantitative estimate of drug-likeness (QED) is 0.422. The number of nitrogens with zero attached hydrogens (tertiary/aromatic N) is 3. The van der Waals surface area contributed by atoms with Crippen molar-refractivity contribution in [1.29, 1.82) is 0 Å². The number of para-hydroxylation sites is 1. The number of benzene rings is 3. The highest BCUT2D eigenvalue weighted by atomic mass is 32.2. The highest BCUT2D eigenvalue weighted by molar-refractivity contribution is 8.19. The number of aryl methyl sites for hydroxylation is 2. The largest absolute Gasteiger partial charge is 0.337 e. The monoisotopic (exact) mass is 457 g/mol. The summed E-state index contributed by atoms with van der Waals surface area (Å²) in [4.78, 5) is 24.5. The minimum Gasteiger partial charge on any atom is -0.337 e. The smallest absolute Gasteiger partial charge is 0.269 e. The van der Waals surface area contributed by atoms with Crippen LogP contribution >= 0.6 is 23.5 Å². The van der Waals surface area contributed by atoms with Gasteiger partial charge in [-0.15, -0.1) is 0 Å². The molecular formula is C26H23N3OS2. The second-order valence-corrected chi connectivity index (χ2v) is 9.93. The molecule has 160 valence electrons. The predicted molar refractivity (Wildman–Crippen MR) is 135 cm³/mol. The zero-order valence-corrected chi connectivity index (χ0v) is 19.8. The molecule has 1 saturated heterocycles. The van der Waals surface area contributed by atoms with Crippen LogP contribution in [0.2, 0.25) is 0 Å². The van der Waals surface area contributed by atoms with E-state index < -0.39 is 0 Å². The van der Waals surface area contributed by atoms with Gasteiger partial charge in [-0.1, -0.05) is 66.4 Å². The number of carbonyl (C=O) groups is 1. The fourth-order valence-electron chi connectivity index (χ4n) is 3.77. The molecule has 0 unspecified atom stereocenters. The van der Waals surface area contributed by atoms with Gasteiger partial charge in [-0.25, -0.2) is 4.99 Å². The van der Waals surface area contributed by atoms with Crippen LogP contribution in [0.5, 0.6) is 0 Å². The first-order valence-electron chi connectivity index (χ1n) is 10.5. The minimum absolute atomic E-state index is 0.00469. The van der Waals surface area contributed by atoms with Crippen LogP contribution in [0.25, 0.3) is 0 Å². The maximum atomic E-state index is 13.7. The van der Waals surface area contributed by atoms with E-state index in [4.69, 9.17) is 4.99 Å². The summed E-state index contributed by atoms with van der Waals surface area (Å²) in [5.41, 5.74) is 5.36. The summed E-state index contributed by atoms with van der Waals surface area (Å²) in [5, 5.41) is 1.69. The van der Waals surface area contributed by atoms with Gasteiger partial charge in [-0.3, -0.25) is 9.69 Å². The minimum atomic E-state index is 0.00469. The topological polar surface area (TPSA) is 35.9 Å². The standard InChI is InChI=1S/C26H23N3OS2/c1-17-13-14-18(2)20(15-17)27-26-29(16-19-9-5-4-6-10-19)24(30)23(32-26)25-28(3)21-11-7-8-12-22(21)31-25/h4-15H,16H2,1-3H3. The molecule has 5 rings (SSSR count). The van der Waals surface area contributed by atoms with Gasteiger partial charge in [0.05, 0.1) is 22.9 Å². The molecule has 32 heavy (non-hydrogen) atoms. The number of hydrogen-bond acceptors (Lipinski definition) is 5. The Hall–Kier alpha value is -2.96. The van der Waals surface area contributed by atoms with Gasteiger partial charge in [-0.2, -0.15) is 0 Å². The zero-order valence-electron chi connectivity index (χ0n) is 18.2. The van der Waals surface area contributed by atoms with Crippen LogP contribution in [0.4, 0.5) is 11.4 Å². The molecule has 0 aromatic heterocycles. The average Bonchev–Trinajstić information content (AvgIpc) is 3.29. The highest BCUT2D eigenvalue weighted by Crippen LogP contribution is 2.50. The normalized spacial score (nSPS) is 19.2. The van der Waals surface area contributed by atoms with Crippen LogP contribution in [0.3, 0.4) is 0 Å². The Bertz CT molecular complexity index is 1270. The second kappa shape index (κ2) is 8.52. The van der Waals surface area contributed by atoms with Gasteiger partial charge in [0.2, 0.25) is 0 Å². The molecule has 2 aliphatic heterocycles. The van der Waals surface area contributed by atoms with Crippen molar-refractivity contribution in [1.82, 2.24) is 4.90 Å². The van der Waals surface area contributed by atoms with Crippen LogP contribution in [0.1, 0.15) is 16.7 Å². The van der Waals surface area contributed by atoms with E-state index >= 15 is 0 Å². The van der Waals surface area contributed by atoms with E-state index in [1.807, 2.05) is 54.4 Å². The molecule has 0 N–H and O–H groups in total. The van der Waals surface area contributed by atoms with Crippen molar-refractivity contribution >= 4 is 46.0 Å². The number of amidine groups is 1. The average molecular weight is 458 g/mol. The Morgan fingerprint density at radius 1 is 0.906 bits per heavy atom. The van der Waals surface area contributed by atoms with Crippen molar-refractivity contribution in [2.75, 3.05) is 11.9 Å². The summed E-state index contributed by atoms with van der Waals surface area (Å²) in [6, 6.07) is 24.6. The lowest BCUT2D eigenvalue weighted by Crippen LogP contribution is -2.29. The molecular weight excluding hydrogens is 434 g/mol. The molecule has 0 radical (unpaired) electrons. The van der Waals surface area contributed by atoms with E-state index in [-0.39, 0.29) is 5.91 Å². The van der Waals surface area contributed by atoms with Gasteiger partial charge in [0.25, 0.3) is 5.91 Å². The molecule has 4 nitrogen and oxygen atoms in total. The number of thioether (sulfide) groups is 2. The number of hydrogen-bond donors (Lipinski definition) is 0. The fourth-order valence-corrected chi connectivity index (χ4v) is 6.10. The lowest BCUT2D eigenvalue weighted by atomic mass is 10.1. The Kier molecular flexibility index (Phi) is 5.57. The van der Waals surface area contributed by atoms with Crippen LogP contribution in [-0.4, -0.2) is 23.0 Å². The maximum absolute atomic E-state index is 13.7. The molecule has 0 atom stereocenters. The van der Waals surface area contributed by atoms with E-state index in [1.165, 1.54) is 16.7 Å². The van der Waals surface area contributed by atoms with E-state index in [2.05, 4.69) is 49.1 Å². The lowest BCUT2D eigenvalue weighted by Gasteiger charge is -2.17. The van der Waals surface area contributed by atoms with Gasteiger partial charge < -0.3 is 4.90 Å². The highest BCUT2D eigenvalue weighted by Gasteiger charge is 2.39. The summed E-state index contributed by atoms with van der Waals surface area (Å²) >= 11 is 3.12. The number of carbonyl (C=O) groups excluding carboxylic acids is 1. The third kappa shape index (κ3) is 3.85. The summed E-state index contributed by atoms with van der Waals surface area (Å²) in [7, 11) is 2.02. The summed E-state index contributed by atoms with van der Waals surface area (Å²) in [6.07, 6.45) is 0. The van der Waals surface area contributed by atoms with Crippen molar-refractivity contribution in [3.63, 3.8) is 0 Å². The fraction of sp³-hybridized carbons (Fsp3) is 0.154.